The lowest BCUT2D eigenvalue weighted by Gasteiger charge is -2.31. The summed E-state index contributed by atoms with van der Waals surface area (Å²) in [7, 11) is 6.22. The van der Waals surface area contributed by atoms with Crippen LogP contribution in [0.25, 0.3) is 5.57 Å². The zero-order valence-corrected chi connectivity index (χ0v) is 19.0. The number of ether oxygens (including phenoxy) is 5. The second-order valence-electron chi connectivity index (χ2n) is 7.26. The fourth-order valence-corrected chi connectivity index (χ4v) is 4.13. The van der Waals surface area contributed by atoms with Crippen LogP contribution in [0.3, 0.4) is 0 Å². The molecule has 32 heavy (non-hydrogen) atoms. The van der Waals surface area contributed by atoms with Gasteiger partial charge in [-0.25, -0.2) is 0 Å². The summed E-state index contributed by atoms with van der Waals surface area (Å²) in [6.07, 6.45) is 1.91. The van der Waals surface area contributed by atoms with Crippen LogP contribution in [0.1, 0.15) is 30.4 Å². The predicted octanol–water partition coefficient (Wildman–Crippen LogP) is 4.04. The second kappa shape index (κ2) is 10.2. The van der Waals surface area contributed by atoms with Crippen LogP contribution in [0.4, 0.5) is 0 Å². The van der Waals surface area contributed by atoms with Gasteiger partial charge in [0.2, 0.25) is 0 Å². The minimum Gasteiger partial charge on any atom is -0.497 e. The maximum Gasteiger partial charge on any atom is 0.317 e. The Kier molecular flexibility index (Phi) is 7.41. The van der Waals surface area contributed by atoms with Gasteiger partial charge in [0, 0.05) is 23.1 Å². The molecule has 1 aliphatic rings. The fourth-order valence-electron chi connectivity index (χ4n) is 4.13. The third-order valence-electron chi connectivity index (χ3n) is 5.59. The van der Waals surface area contributed by atoms with Gasteiger partial charge in [-0.05, 0) is 43.2 Å². The summed E-state index contributed by atoms with van der Waals surface area (Å²) in [5, 5.41) is 0. The molecule has 0 fully saturated rings. The predicted molar refractivity (Wildman–Crippen MR) is 120 cm³/mol. The van der Waals surface area contributed by atoms with Crippen LogP contribution in [-0.2, 0) is 14.3 Å². The summed E-state index contributed by atoms with van der Waals surface area (Å²) in [6, 6.07) is 10.9. The van der Waals surface area contributed by atoms with Gasteiger partial charge in [-0.2, -0.15) is 0 Å². The number of benzene rings is 2. The van der Waals surface area contributed by atoms with Crippen molar-refractivity contribution in [2.24, 2.45) is 5.92 Å². The smallest absolute Gasteiger partial charge is 0.317 e. The number of ketones is 1. The molecule has 7 nitrogen and oxygen atoms in total. The first-order valence-corrected chi connectivity index (χ1v) is 10.3. The van der Waals surface area contributed by atoms with Gasteiger partial charge in [0.25, 0.3) is 0 Å². The Bertz CT molecular complexity index is 1020. The van der Waals surface area contributed by atoms with Crippen LogP contribution >= 0.6 is 0 Å². The number of rotatable bonds is 8. The van der Waals surface area contributed by atoms with Gasteiger partial charge in [0.05, 0.1) is 35.0 Å². The van der Waals surface area contributed by atoms with Crippen molar-refractivity contribution in [3.05, 3.63) is 53.6 Å². The van der Waals surface area contributed by atoms with Crippen molar-refractivity contribution in [2.45, 2.75) is 19.3 Å². The Hall–Kier alpha value is -3.48. The standard InChI is InChI=1S/C25H28O7/c1-6-32-25(27)23-19(18-8-7-9-21(29-3)24(18)31-5)12-15(13-20(23)26)17-11-10-16(28-2)14-22(17)30-4/h7-11,13-14,19,23H,6,12H2,1-5H3/t19-,23+/m0/s1. The molecule has 3 rings (SSSR count). The lowest BCUT2D eigenvalue weighted by Crippen LogP contribution is -2.34. The SMILES string of the molecule is CCOC(=O)[C@H]1C(=O)C=C(c2ccc(OC)cc2OC)C[C@H]1c1cccc(OC)c1OC. The molecule has 0 aliphatic heterocycles. The van der Waals surface area contributed by atoms with E-state index < -0.39 is 17.8 Å². The molecule has 1 aliphatic carbocycles. The van der Waals surface area contributed by atoms with Gasteiger partial charge in [0.1, 0.15) is 17.4 Å². The van der Waals surface area contributed by atoms with E-state index in [1.54, 1.807) is 40.4 Å². The molecule has 0 radical (unpaired) electrons. The number of esters is 1. The topological polar surface area (TPSA) is 80.3 Å². The van der Waals surface area contributed by atoms with Gasteiger partial charge in [-0.3, -0.25) is 9.59 Å². The monoisotopic (exact) mass is 440 g/mol. The van der Waals surface area contributed by atoms with Crippen molar-refractivity contribution >= 4 is 17.3 Å². The molecule has 0 heterocycles. The quantitative estimate of drug-likeness (QED) is 0.453. The fraction of sp³-hybridized carbons (Fsp3) is 0.360. The number of carbonyl (C=O) groups excluding carboxylic acids is 2. The van der Waals surface area contributed by atoms with E-state index in [1.165, 1.54) is 13.2 Å². The van der Waals surface area contributed by atoms with Crippen LogP contribution < -0.4 is 18.9 Å². The summed E-state index contributed by atoms with van der Waals surface area (Å²) in [6.45, 7) is 1.91. The van der Waals surface area contributed by atoms with Crippen LogP contribution in [0.5, 0.6) is 23.0 Å². The minimum absolute atomic E-state index is 0.188. The van der Waals surface area contributed by atoms with E-state index >= 15 is 0 Å². The zero-order chi connectivity index (χ0) is 23.3. The van der Waals surface area contributed by atoms with Crippen LogP contribution in [0, 0.1) is 5.92 Å². The van der Waals surface area contributed by atoms with Gasteiger partial charge in [0.15, 0.2) is 17.3 Å². The molecule has 2 atom stereocenters. The van der Waals surface area contributed by atoms with Gasteiger partial charge in [-0.1, -0.05) is 12.1 Å². The van der Waals surface area contributed by atoms with E-state index in [4.69, 9.17) is 23.7 Å². The van der Waals surface area contributed by atoms with E-state index in [9.17, 15) is 9.59 Å². The number of hydrogen-bond donors (Lipinski definition) is 0. The molecule has 0 unspecified atom stereocenters. The Morgan fingerprint density at radius 1 is 0.969 bits per heavy atom. The lowest BCUT2D eigenvalue weighted by atomic mass is 9.73. The third-order valence-corrected chi connectivity index (χ3v) is 5.59. The molecule has 0 aromatic heterocycles. The number of carbonyl (C=O) groups is 2. The van der Waals surface area contributed by atoms with Gasteiger partial charge < -0.3 is 23.7 Å². The molecule has 0 bridgehead atoms. The molecule has 170 valence electrons. The van der Waals surface area contributed by atoms with Crippen LogP contribution in [0.2, 0.25) is 0 Å². The van der Waals surface area contributed by atoms with Crippen molar-refractivity contribution in [1.29, 1.82) is 0 Å². The molecule has 2 aromatic rings. The second-order valence-corrected chi connectivity index (χ2v) is 7.26. The molecule has 0 saturated carbocycles. The van der Waals surface area contributed by atoms with Crippen molar-refractivity contribution in [3.8, 4) is 23.0 Å². The van der Waals surface area contributed by atoms with E-state index in [1.807, 2.05) is 24.3 Å². The Labute approximate surface area is 187 Å². The Morgan fingerprint density at radius 2 is 1.72 bits per heavy atom. The first kappa shape index (κ1) is 23.2. The molecular weight excluding hydrogens is 412 g/mol. The molecule has 0 saturated heterocycles. The third kappa shape index (κ3) is 4.42. The highest BCUT2D eigenvalue weighted by atomic mass is 16.5. The van der Waals surface area contributed by atoms with E-state index in [-0.39, 0.29) is 12.4 Å². The van der Waals surface area contributed by atoms with Crippen LogP contribution in [0.15, 0.2) is 42.5 Å². The number of hydrogen-bond acceptors (Lipinski definition) is 7. The molecule has 0 spiro atoms. The normalized spacial score (nSPS) is 17.9. The van der Waals surface area contributed by atoms with Crippen molar-refractivity contribution in [1.82, 2.24) is 0 Å². The highest BCUT2D eigenvalue weighted by Gasteiger charge is 2.41. The van der Waals surface area contributed by atoms with Gasteiger partial charge in [-0.15, -0.1) is 0 Å². The van der Waals surface area contributed by atoms with Crippen molar-refractivity contribution in [3.63, 3.8) is 0 Å². The number of para-hydroxylation sites is 1. The minimum atomic E-state index is -0.982. The average Bonchev–Trinajstić information content (AvgIpc) is 2.82. The Morgan fingerprint density at radius 3 is 2.34 bits per heavy atom. The highest BCUT2D eigenvalue weighted by molar-refractivity contribution is 6.11. The first-order chi connectivity index (χ1) is 15.5. The summed E-state index contributed by atoms with van der Waals surface area (Å²) < 4.78 is 27.1. The lowest BCUT2D eigenvalue weighted by molar-refractivity contribution is -0.151. The summed E-state index contributed by atoms with van der Waals surface area (Å²) in [4.78, 5) is 26.1. The average molecular weight is 440 g/mol. The van der Waals surface area contributed by atoms with E-state index in [0.717, 1.165) is 11.1 Å². The molecule has 0 amide bonds. The maximum atomic E-state index is 13.2. The zero-order valence-electron chi connectivity index (χ0n) is 19.0. The highest BCUT2D eigenvalue weighted by Crippen LogP contribution is 2.47. The molecular formula is C25H28O7. The van der Waals surface area contributed by atoms with Crippen LogP contribution in [-0.4, -0.2) is 46.8 Å². The first-order valence-electron chi connectivity index (χ1n) is 10.3. The molecule has 0 N–H and O–H groups in total. The molecule has 2 aromatic carbocycles. The summed E-state index contributed by atoms with van der Waals surface area (Å²) in [5.74, 6) is -0.120. The van der Waals surface area contributed by atoms with Gasteiger partial charge >= 0.3 is 5.97 Å². The maximum absolute atomic E-state index is 13.2. The van der Waals surface area contributed by atoms with E-state index in [2.05, 4.69) is 0 Å². The van der Waals surface area contributed by atoms with Crippen molar-refractivity contribution < 1.29 is 33.3 Å². The molecule has 7 heteroatoms. The Balaban J connectivity index is 2.14. The largest absolute Gasteiger partial charge is 0.497 e. The number of allylic oxidation sites excluding steroid dienone is 2. The van der Waals surface area contributed by atoms with Crippen molar-refractivity contribution in [2.75, 3.05) is 35.0 Å². The van der Waals surface area contributed by atoms with E-state index in [0.29, 0.717) is 35.0 Å². The summed E-state index contributed by atoms with van der Waals surface area (Å²) in [5.41, 5.74) is 2.22. The summed E-state index contributed by atoms with van der Waals surface area (Å²) >= 11 is 0. The number of methoxy groups -OCH3 is 4.